The first kappa shape index (κ1) is 16.3. The molecule has 2 rings (SSSR count). The third kappa shape index (κ3) is 4.20. The number of hydrogen-bond donors (Lipinski definition) is 0. The lowest BCUT2D eigenvalue weighted by molar-refractivity contribution is 0.101. The highest BCUT2D eigenvalue weighted by Crippen LogP contribution is 2.31. The predicted molar refractivity (Wildman–Crippen MR) is 83.0 cm³/mol. The second-order valence-corrected chi connectivity index (χ2v) is 8.29. The molecule has 116 valence electrons. The lowest BCUT2D eigenvalue weighted by Crippen LogP contribution is -2.33. The Balaban J connectivity index is 2.09. The fourth-order valence-corrected chi connectivity index (χ4v) is 3.98. The van der Waals surface area contributed by atoms with Gasteiger partial charge in [0.1, 0.15) is 21.7 Å². The lowest BCUT2D eigenvalue weighted by atomic mass is 9.97. The summed E-state index contributed by atoms with van der Waals surface area (Å²) in [6.07, 6.45) is 3.94. The molecule has 1 aliphatic carbocycles. The summed E-state index contributed by atoms with van der Waals surface area (Å²) in [4.78, 5) is 11.3. The molecule has 1 saturated carbocycles. The number of halogens is 1. The van der Waals surface area contributed by atoms with E-state index in [1.54, 1.807) is 18.2 Å². The zero-order valence-electron chi connectivity index (χ0n) is 12.1. The van der Waals surface area contributed by atoms with Crippen molar-refractivity contribution in [3.05, 3.63) is 28.8 Å². The fraction of sp³-hybridized carbons (Fsp3) is 0.533. The quantitative estimate of drug-likeness (QED) is 0.795. The largest absolute Gasteiger partial charge is 0.489 e. The molecule has 21 heavy (non-hydrogen) atoms. The van der Waals surface area contributed by atoms with Crippen molar-refractivity contribution in [3.63, 3.8) is 0 Å². The molecular weight excluding hydrogens is 312 g/mol. The van der Waals surface area contributed by atoms with Crippen LogP contribution in [0.3, 0.4) is 0 Å². The average Bonchev–Trinajstić information content (AvgIpc) is 2.40. The molecule has 0 radical (unpaired) electrons. The van der Waals surface area contributed by atoms with Crippen LogP contribution in [0.25, 0.3) is 0 Å². The smallest absolute Gasteiger partial charge is 0.159 e. The summed E-state index contributed by atoms with van der Waals surface area (Å²) in [5.41, 5.74) is 0.532. The number of hydrogen-bond acceptors (Lipinski definition) is 4. The van der Waals surface area contributed by atoms with Crippen LogP contribution in [0.2, 0.25) is 5.02 Å². The van der Waals surface area contributed by atoms with Crippen molar-refractivity contribution in [2.45, 2.75) is 44.0 Å². The lowest BCUT2D eigenvalue weighted by Gasteiger charge is -2.28. The maximum atomic E-state index is 11.7. The molecule has 2 unspecified atom stereocenters. The summed E-state index contributed by atoms with van der Waals surface area (Å²) >= 11 is 6.12. The minimum Gasteiger partial charge on any atom is -0.489 e. The van der Waals surface area contributed by atoms with Crippen molar-refractivity contribution in [3.8, 4) is 5.75 Å². The Labute approximate surface area is 130 Å². The van der Waals surface area contributed by atoms with Gasteiger partial charge in [0.15, 0.2) is 5.78 Å². The summed E-state index contributed by atoms with van der Waals surface area (Å²) in [5, 5.41) is 0.0377. The van der Waals surface area contributed by atoms with E-state index in [1.165, 1.54) is 13.2 Å². The molecule has 1 aromatic carbocycles. The first-order chi connectivity index (χ1) is 9.77. The molecule has 6 heteroatoms. The Morgan fingerprint density at radius 3 is 2.62 bits per heavy atom. The van der Waals surface area contributed by atoms with Crippen LogP contribution in [0, 0.1) is 0 Å². The summed E-state index contributed by atoms with van der Waals surface area (Å²) in [6.45, 7) is 1.48. The van der Waals surface area contributed by atoms with Crippen LogP contribution in [0.4, 0.5) is 0 Å². The third-order valence-corrected chi connectivity index (χ3v) is 5.75. The van der Waals surface area contributed by atoms with Gasteiger partial charge in [0.2, 0.25) is 0 Å². The van der Waals surface area contributed by atoms with E-state index in [-0.39, 0.29) is 17.1 Å². The second kappa shape index (κ2) is 6.36. The molecule has 1 fully saturated rings. The van der Waals surface area contributed by atoms with E-state index < -0.39 is 9.84 Å². The number of Topliss-reactive ketones (excluding diaryl/α,β-unsaturated/α-hetero) is 1. The summed E-state index contributed by atoms with van der Waals surface area (Å²) < 4.78 is 29.1. The van der Waals surface area contributed by atoms with Gasteiger partial charge < -0.3 is 4.74 Å². The van der Waals surface area contributed by atoms with E-state index in [9.17, 15) is 13.2 Å². The Morgan fingerprint density at radius 2 is 2.05 bits per heavy atom. The van der Waals surface area contributed by atoms with E-state index in [2.05, 4.69) is 0 Å². The first-order valence-corrected chi connectivity index (χ1v) is 9.26. The topological polar surface area (TPSA) is 60.4 Å². The van der Waals surface area contributed by atoms with Crippen LogP contribution in [0.1, 0.15) is 43.0 Å². The van der Waals surface area contributed by atoms with Crippen LogP contribution in [-0.2, 0) is 9.84 Å². The van der Waals surface area contributed by atoms with Crippen LogP contribution in [0.15, 0.2) is 18.2 Å². The molecular formula is C15H19ClO4S. The highest BCUT2D eigenvalue weighted by molar-refractivity contribution is 7.91. The van der Waals surface area contributed by atoms with Crippen LogP contribution in [-0.4, -0.2) is 31.8 Å². The second-order valence-electron chi connectivity index (χ2n) is 5.56. The molecule has 1 aromatic rings. The normalized spacial score (nSPS) is 22.8. The first-order valence-electron chi connectivity index (χ1n) is 6.93. The maximum Gasteiger partial charge on any atom is 0.159 e. The summed E-state index contributed by atoms with van der Waals surface area (Å²) in [7, 11) is -3.04. The van der Waals surface area contributed by atoms with Crippen molar-refractivity contribution in [1.29, 1.82) is 0 Å². The minimum atomic E-state index is -3.04. The van der Waals surface area contributed by atoms with Gasteiger partial charge in [0.05, 0.1) is 10.3 Å². The van der Waals surface area contributed by atoms with Gasteiger partial charge in [-0.15, -0.1) is 0 Å². The van der Waals surface area contributed by atoms with Crippen LogP contribution < -0.4 is 4.74 Å². The standard InChI is InChI=1S/C15H19ClO4S/c1-10(17)11-6-7-15(14(16)8-11)20-12-4-3-5-13(9-12)21(2,18)19/h6-8,12-13H,3-5,9H2,1-2H3. The average molecular weight is 331 g/mol. The van der Waals surface area contributed by atoms with Crippen molar-refractivity contribution in [2.75, 3.05) is 6.26 Å². The monoisotopic (exact) mass is 330 g/mol. The Bertz CT molecular complexity index is 639. The number of ketones is 1. The molecule has 2 atom stereocenters. The minimum absolute atomic E-state index is 0.0572. The number of rotatable bonds is 4. The molecule has 0 amide bonds. The van der Waals surface area contributed by atoms with Gasteiger partial charge in [-0.3, -0.25) is 4.79 Å². The van der Waals surface area contributed by atoms with Gasteiger partial charge in [0, 0.05) is 18.2 Å². The molecule has 0 bridgehead atoms. The van der Waals surface area contributed by atoms with Gasteiger partial charge in [-0.1, -0.05) is 11.6 Å². The number of carbonyl (C=O) groups is 1. The molecule has 0 aliphatic heterocycles. The molecule has 0 N–H and O–H groups in total. The zero-order chi connectivity index (χ0) is 15.6. The number of sulfone groups is 1. The van der Waals surface area contributed by atoms with Crippen molar-refractivity contribution in [1.82, 2.24) is 0 Å². The molecule has 0 heterocycles. The van der Waals surface area contributed by atoms with E-state index >= 15 is 0 Å². The van der Waals surface area contributed by atoms with Gasteiger partial charge in [0.25, 0.3) is 0 Å². The van der Waals surface area contributed by atoms with E-state index in [0.29, 0.717) is 29.2 Å². The van der Waals surface area contributed by atoms with E-state index in [4.69, 9.17) is 16.3 Å². The van der Waals surface area contributed by atoms with Crippen molar-refractivity contribution < 1.29 is 17.9 Å². The third-order valence-electron chi connectivity index (χ3n) is 3.82. The van der Waals surface area contributed by atoms with Gasteiger partial charge in [-0.2, -0.15) is 0 Å². The van der Waals surface area contributed by atoms with E-state index in [1.807, 2.05) is 0 Å². The van der Waals surface area contributed by atoms with Crippen LogP contribution in [0.5, 0.6) is 5.75 Å². The Morgan fingerprint density at radius 1 is 1.33 bits per heavy atom. The van der Waals surface area contributed by atoms with Crippen LogP contribution >= 0.6 is 11.6 Å². The Hall–Kier alpha value is -1.07. The summed E-state index contributed by atoms with van der Waals surface area (Å²) in [5.74, 6) is 0.444. The van der Waals surface area contributed by atoms with Gasteiger partial charge in [-0.05, 0) is 44.4 Å². The molecule has 4 nitrogen and oxygen atoms in total. The number of ether oxygens (including phenoxy) is 1. The van der Waals surface area contributed by atoms with Gasteiger partial charge >= 0.3 is 0 Å². The molecule has 0 saturated heterocycles. The van der Waals surface area contributed by atoms with Gasteiger partial charge in [-0.25, -0.2) is 8.42 Å². The highest BCUT2D eigenvalue weighted by atomic mass is 35.5. The molecule has 1 aliphatic rings. The van der Waals surface area contributed by atoms with E-state index in [0.717, 1.165) is 12.8 Å². The summed E-state index contributed by atoms with van der Waals surface area (Å²) in [6, 6.07) is 4.92. The zero-order valence-corrected chi connectivity index (χ0v) is 13.7. The SMILES string of the molecule is CC(=O)c1ccc(OC2CCCC(S(C)(=O)=O)C2)c(Cl)c1. The highest BCUT2D eigenvalue weighted by Gasteiger charge is 2.30. The van der Waals surface area contributed by atoms with Crippen molar-refractivity contribution >= 4 is 27.2 Å². The molecule has 0 spiro atoms. The number of carbonyl (C=O) groups excluding carboxylic acids is 1. The Kier molecular flexibility index (Phi) is 4.94. The number of benzene rings is 1. The van der Waals surface area contributed by atoms with Crippen molar-refractivity contribution in [2.24, 2.45) is 0 Å². The molecule has 0 aromatic heterocycles. The maximum absolute atomic E-state index is 11.7. The predicted octanol–water partition coefficient (Wildman–Crippen LogP) is 3.28. The fourth-order valence-electron chi connectivity index (χ4n) is 2.59.